The summed E-state index contributed by atoms with van der Waals surface area (Å²) in [5.41, 5.74) is 3.30. The molecule has 0 fully saturated rings. The second-order valence-electron chi connectivity index (χ2n) is 6.38. The standard InChI is InChI=1S/C20H20N4OS/c1-3-20(2)22-16-12-8-7-11-15(16)17-18(25-20)21-19(24-23-17)26-13-14-9-5-4-6-10-14/h4-12,22H,3,13H2,1-2H3/t20-/m1/s1. The van der Waals surface area contributed by atoms with Crippen LogP contribution in [0, 0.1) is 0 Å². The van der Waals surface area contributed by atoms with Crippen molar-refractivity contribution in [3.8, 4) is 17.1 Å². The first-order valence-corrected chi connectivity index (χ1v) is 9.63. The van der Waals surface area contributed by atoms with Crippen molar-refractivity contribution >= 4 is 17.4 Å². The van der Waals surface area contributed by atoms with Crippen molar-refractivity contribution in [2.45, 2.75) is 36.9 Å². The second kappa shape index (κ2) is 6.96. The minimum atomic E-state index is -0.543. The number of anilines is 1. The molecule has 1 N–H and O–H groups in total. The Balaban J connectivity index is 1.68. The van der Waals surface area contributed by atoms with Crippen molar-refractivity contribution in [2.24, 2.45) is 0 Å². The number of thioether (sulfide) groups is 1. The summed E-state index contributed by atoms with van der Waals surface area (Å²) in [7, 11) is 0. The fraction of sp³-hybridized carbons (Fsp3) is 0.250. The highest BCUT2D eigenvalue weighted by Gasteiger charge is 2.32. The molecular formula is C20H20N4OS. The normalized spacial score (nSPS) is 18.1. The summed E-state index contributed by atoms with van der Waals surface area (Å²) < 4.78 is 6.23. The van der Waals surface area contributed by atoms with Gasteiger partial charge in [0.25, 0.3) is 0 Å². The molecular weight excluding hydrogens is 344 g/mol. The van der Waals surface area contributed by atoms with Crippen molar-refractivity contribution in [2.75, 3.05) is 5.32 Å². The molecule has 2 aromatic carbocycles. The van der Waals surface area contributed by atoms with Crippen LogP contribution in [0.3, 0.4) is 0 Å². The highest BCUT2D eigenvalue weighted by molar-refractivity contribution is 7.98. The van der Waals surface area contributed by atoms with Gasteiger partial charge in [0, 0.05) is 23.4 Å². The van der Waals surface area contributed by atoms with Crippen LogP contribution in [0.1, 0.15) is 25.8 Å². The zero-order chi connectivity index (χ0) is 18.0. The molecule has 0 saturated heterocycles. The van der Waals surface area contributed by atoms with E-state index in [0.717, 1.165) is 23.4 Å². The predicted molar refractivity (Wildman–Crippen MR) is 104 cm³/mol. The number of nitrogens with one attached hydrogen (secondary N) is 1. The Morgan fingerprint density at radius 3 is 2.62 bits per heavy atom. The maximum atomic E-state index is 6.23. The van der Waals surface area contributed by atoms with E-state index in [9.17, 15) is 0 Å². The smallest absolute Gasteiger partial charge is 0.247 e. The minimum absolute atomic E-state index is 0.525. The summed E-state index contributed by atoms with van der Waals surface area (Å²) in [6.07, 6.45) is 0.789. The first-order chi connectivity index (χ1) is 12.7. The van der Waals surface area contributed by atoms with Crippen molar-refractivity contribution in [1.29, 1.82) is 0 Å². The van der Waals surface area contributed by atoms with Gasteiger partial charge >= 0.3 is 0 Å². The van der Waals surface area contributed by atoms with E-state index in [1.165, 1.54) is 5.56 Å². The average molecular weight is 364 g/mol. The number of hydrogen-bond donors (Lipinski definition) is 1. The first-order valence-electron chi connectivity index (χ1n) is 8.65. The SMILES string of the molecule is CC[C@]1(C)Nc2ccccc2-c2nnc(SCc3ccccc3)nc2O1. The lowest BCUT2D eigenvalue weighted by molar-refractivity contribution is 0.109. The van der Waals surface area contributed by atoms with E-state index in [1.807, 2.05) is 49.4 Å². The summed E-state index contributed by atoms with van der Waals surface area (Å²) in [6.45, 7) is 4.11. The van der Waals surface area contributed by atoms with Gasteiger partial charge in [0.15, 0.2) is 11.4 Å². The van der Waals surface area contributed by atoms with Gasteiger partial charge < -0.3 is 10.1 Å². The molecule has 1 aliphatic rings. The van der Waals surface area contributed by atoms with Crippen LogP contribution in [-0.2, 0) is 5.75 Å². The number of fused-ring (bicyclic) bond motifs is 3. The molecule has 0 amide bonds. The van der Waals surface area contributed by atoms with Gasteiger partial charge in [-0.2, -0.15) is 4.98 Å². The minimum Gasteiger partial charge on any atom is -0.450 e. The molecule has 3 aromatic rings. The Bertz CT molecular complexity index is 919. The van der Waals surface area contributed by atoms with Crippen LogP contribution in [0.5, 0.6) is 5.88 Å². The van der Waals surface area contributed by atoms with E-state index < -0.39 is 5.72 Å². The maximum Gasteiger partial charge on any atom is 0.247 e. The molecule has 0 spiro atoms. The molecule has 26 heavy (non-hydrogen) atoms. The topological polar surface area (TPSA) is 59.9 Å². The third-order valence-electron chi connectivity index (χ3n) is 4.42. The highest BCUT2D eigenvalue weighted by Crippen LogP contribution is 2.39. The number of rotatable bonds is 4. The largest absolute Gasteiger partial charge is 0.450 e. The van der Waals surface area contributed by atoms with Crippen molar-refractivity contribution < 1.29 is 4.74 Å². The molecule has 0 radical (unpaired) electrons. The first kappa shape index (κ1) is 16.8. The number of nitrogens with zero attached hydrogens (tertiary/aromatic N) is 3. The molecule has 4 rings (SSSR count). The zero-order valence-electron chi connectivity index (χ0n) is 14.8. The third-order valence-corrected chi connectivity index (χ3v) is 5.33. The van der Waals surface area contributed by atoms with Crippen molar-refractivity contribution in [3.63, 3.8) is 0 Å². The second-order valence-corrected chi connectivity index (χ2v) is 7.32. The van der Waals surface area contributed by atoms with Gasteiger partial charge in [0.1, 0.15) is 0 Å². The Kier molecular flexibility index (Phi) is 4.51. The summed E-state index contributed by atoms with van der Waals surface area (Å²) >= 11 is 1.56. The summed E-state index contributed by atoms with van der Waals surface area (Å²) in [4.78, 5) is 4.66. The number of benzene rings is 2. The molecule has 6 heteroatoms. The number of para-hydroxylation sites is 1. The molecule has 0 saturated carbocycles. The van der Waals surface area contributed by atoms with Gasteiger partial charge in [-0.15, -0.1) is 10.2 Å². The summed E-state index contributed by atoms with van der Waals surface area (Å²) in [5, 5.41) is 12.8. The molecule has 0 bridgehead atoms. The van der Waals surface area contributed by atoms with Crippen LogP contribution in [0.2, 0.25) is 0 Å². The summed E-state index contributed by atoms with van der Waals surface area (Å²) in [5.74, 6) is 1.32. The quantitative estimate of drug-likeness (QED) is 0.674. The van der Waals surface area contributed by atoms with E-state index in [-0.39, 0.29) is 0 Å². The van der Waals surface area contributed by atoms with Gasteiger partial charge in [0.2, 0.25) is 11.0 Å². The van der Waals surface area contributed by atoms with E-state index >= 15 is 0 Å². The molecule has 132 valence electrons. The van der Waals surface area contributed by atoms with Gasteiger partial charge in [-0.25, -0.2) is 0 Å². The van der Waals surface area contributed by atoms with E-state index in [4.69, 9.17) is 4.74 Å². The third kappa shape index (κ3) is 3.37. The van der Waals surface area contributed by atoms with Crippen molar-refractivity contribution in [1.82, 2.24) is 15.2 Å². The fourth-order valence-corrected chi connectivity index (χ4v) is 3.54. The number of aromatic nitrogens is 3. The van der Waals surface area contributed by atoms with Gasteiger partial charge in [-0.3, -0.25) is 0 Å². The van der Waals surface area contributed by atoms with Crippen LogP contribution >= 0.6 is 11.8 Å². The van der Waals surface area contributed by atoms with Crippen LogP contribution in [0.25, 0.3) is 11.3 Å². The lowest BCUT2D eigenvalue weighted by atomic mass is 10.1. The fourth-order valence-electron chi connectivity index (χ4n) is 2.80. The Labute approximate surface area is 157 Å². The molecule has 2 heterocycles. The van der Waals surface area contributed by atoms with Crippen LogP contribution in [0.4, 0.5) is 5.69 Å². The maximum absolute atomic E-state index is 6.23. The van der Waals surface area contributed by atoms with E-state index in [0.29, 0.717) is 16.7 Å². The molecule has 0 aliphatic carbocycles. The van der Waals surface area contributed by atoms with Gasteiger partial charge in [-0.1, -0.05) is 67.2 Å². The molecule has 5 nitrogen and oxygen atoms in total. The van der Waals surface area contributed by atoms with Crippen molar-refractivity contribution in [3.05, 3.63) is 60.2 Å². The predicted octanol–water partition coefficient (Wildman–Crippen LogP) is 4.76. The molecule has 0 unspecified atom stereocenters. The zero-order valence-corrected chi connectivity index (χ0v) is 15.6. The van der Waals surface area contributed by atoms with Crippen LogP contribution in [-0.4, -0.2) is 20.9 Å². The Morgan fingerprint density at radius 1 is 1.04 bits per heavy atom. The van der Waals surface area contributed by atoms with Crippen LogP contribution < -0.4 is 10.1 Å². The Hall–Kier alpha value is -2.60. The monoisotopic (exact) mass is 364 g/mol. The number of ether oxygens (including phenoxy) is 1. The van der Waals surface area contributed by atoms with E-state index in [2.05, 4.69) is 39.6 Å². The van der Waals surface area contributed by atoms with Crippen LogP contribution in [0.15, 0.2) is 59.8 Å². The molecule has 1 atom stereocenters. The summed E-state index contributed by atoms with van der Waals surface area (Å²) in [6, 6.07) is 18.3. The lowest BCUT2D eigenvalue weighted by Crippen LogP contribution is -2.40. The lowest BCUT2D eigenvalue weighted by Gasteiger charge is -2.29. The molecule has 1 aliphatic heterocycles. The van der Waals surface area contributed by atoms with E-state index in [1.54, 1.807) is 11.8 Å². The Morgan fingerprint density at radius 2 is 1.81 bits per heavy atom. The highest BCUT2D eigenvalue weighted by atomic mass is 32.2. The number of hydrogen-bond acceptors (Lipinski definition) is 6. The van der Waals surface area contributed by atoms with Gasteiger partial charge in [0.05, 0.1) is 0 Å². The average Bonchev–Trinajstić information content (AvgIpc) is 2.80. The van der Waals surface area contributed by atoms with Gasteiger partial charge in [-0.05, 0) is 18.6 Å². The molecule has 1 aromatic heterocycles.